The molecule has 3 heterocycles. The first kappa shape index (κ1) is 13.9. The maximum Gasteiger partial charge on any atom is 0.224 e. The van der Waals surface area contributed by atoms with E-state index in [9.17, 15) is 4.39 Å². The van der Waals surface area contributed by atoms with Gasteiger partial charge in [-0.05, 0) is 20.4 Å². The zero-order valence-electron chi connectivity index (χ0n) is 11.8. The van der Waals surface area contributed by atoms with Crippen molar-refractivity contribution in [1.29, 1.82) is 0 Å². The summed E-state index contributed by atoms with van der Waals surface area (Å²) in [6.45, 7) is 2.36. The van der Waals surface area contributed by atoms with E-state index >= 15 is 0 Å². The molecule has 0 amide bonds. The molecule has 3 atom stereocenters. The fraction of sp³-hybridized carbons (Fsp3) is 0.538. The third-order valence-corrected chi connectivity index (χ3v) is 3.61. The highest BCUT2D eigenvalue weighted by Crippen LogP contribution is 2.24. The van der Waals surface area contributed by atoms with Gasteiger partial charge in [-0.15, -0.1) is 5.10 Å². The second kappa shape index (κ2) is 5.72. The van der Waals surface area contributed by atoms with Gasteiger partial charge in [0.05, 0.1) is 0 Å². The maximum atomic E-state index is 13.4. The molecule has 0 spiro atoms. The number of alkyl halides is 1. The zero-order valence-corrected chi connectivity index (χ0v) is 11.8. The van der Waals surface area contributed by atoms with Crippen molar-refractivity contribution in [3.8, 4) is 17.5 Å². The molecular weight excluding hydrogens is 277 g/mol. The molecular formula is C13H16FN5O2. The van der Waals surface area contributed by atoms with Crippen LogP contribution in [0.25, 0.3) is 11.6 Å². The Kier molecular flexibility index (Phi) is 3.78. The topological polar surface area (TPSA) is 77.2 Å². The zero-order chi connectivity index (χ0) is 14.8. The number of ether oxygens (including phenoxy) is 1. The lowest BCUT2D eigenvalue weighted by molar-refractivity contribution is 0.117. The SMILES string of the molecule is C[C@H](Oc1ccnc(-c2cnno2)n1)[C@@H]1C[C@H](F)CN1C. The van der Waals surface area contributed by atoms with Crippen molar-refractivity contribution >= 4 is 0 Å². The first-order valence-electron chi connectivity index (χ1n) is 6.75. The molecule has 1 fully saturated rings. The molecule has 1 saturated heterocycles. The van der Waals surface area contributed by atoms with E-state index in [1.54, 1.807) is 12.3 Å². The minimum Gasteiger partial charge on any atom is -0.473 e. The van der Waals surface area contributed by atoms with Gasteiger partial charge in [0.25, 0.3) is 0 Å². The number of aromatic nitrogens is 4. The second-order valence-corrected chi connectivity index (χ2v) is 5.16. The van der Waals surface area contributed by atoms with E-state index in [1.165, 1.54) is 6.20 Å². The van der Waals surface area contributed by atoms with Crippen molar-refractivity contribution < 1.29 is 13.7 Å². The van der Waals surface area contributed by atoms with Gasteiger partial charge >= 0.3 is 0 Å². The Labute approximate surface area is 121 Å². The third kappa shape index (κ3) is 2.99. The van der Waals surface area contributed by atoms with Crippen molar-refractivity contribution in [1.82, 2.24) is 25.2 Å². The van der Waals surface area contributed by atoms with Gasteiger partial charge in [-0.2, -0.15) is 4.98 Å². The summed E-state index contributed by atoms with van der Waals surface area (Å²) in [5.74, 6) is 1.14. The van der Waals surface area contributed by atoms with Gasteiger partial charge in [0.1, 0.15) is 18.5 Å². The van der Waals surface area contributed by atoms with Crippen molar-refractivity contribution in [2.24, 2.45) is 0 Å². The molecule has 2 aromatic heterocycles. The molecule has 7 nitrogen and oxygen atoms in total. The average molecular weight is 293 g/mol. The normalized spacial score (nSPS) is 24.1. The number of halogens is 1. The van der Waals surface area contributed by atoms with Crippen molar-refractivity contribution in [3.05, 3.63) is 18.5 Å². The number of rotatable bonds is 4. The predicted molar refractivity (Wildman–Crippen MR) is 71.3 cm³/mol. The summed E-state index contributed by atoms with van der Waals surface area (Å²) in [7, 11) is 1.90. The van der Waals surface area contributed by atoms with Crippen LogP contribution in [0.5, 0.6) is 5.88 Å². The summed E-state index contributed by atoms with van der Waals surface area (Å²) in [5, 5.41) is 6.96. The monoisotopic (exact) mass is 293 g/mol. The lowest BCUT2D eigenvalue weighted by atomic mass is 10.1. The summed E-state index contributed by atoms with van der Waals surface area (Å²) >= 11 is 0. The van der Waals surface area contributed by atoms with E-state index in [2.05, 4.69) is 20.3 Å². The van der Waals surface area contributed by atoms with Crippen LogP contribution in [0.2, 0.25) is 0 Å². The molecule has 1 aliphatic heterocycles. The van der Waals surface area contributed by atoms with Gasteiger partial charge in [0.15, 0.2) is 0 Å². The Morgan fingerprint density at radius 3 is 3.05 bits per heavy atom. The third-order valence-electron chi connectivity index (χ3n) is 3.61. The molecule has 0 radical (unpaired) electrons. The van der Waals surface area contributed by atoms with Crippen LogP contribution in [0.1, 0.15) is 13.3 Å². The molecule has 8 heteroatoms. The lowest BCUT2D eigenvalue weighted by Crippen LogP contribution is -2.38. The van der Waals surface area contributed by atoms with Gasteiger partial charge in [-0.25, -0.2) is 9.37 Å². The number of likely N-dealkylation sites (N-methyl/N-ethyl adjacent to an activating group) is 1. The molecule has 0 aromatic carbocycles. The highest BCUT2D eigenvalue weighted by atomic mass is 19.1. The van der Waals surface area contributed by atoms with E-state index in [4.69, 9.17) is 9.26 Å². The number of hydrogen-bond acceptors (Lipinski definition) is 7. The van der Waals surface area contributed by atoms with Crippen LogP contribution in [0, 0.1) is 0 Å². The minimum atomic E-state index is -0.799. The van der Waals surface area contributed by atoms with Crippen LogP contribution >= 0.6 is 0 Å². The minimum absolute atomic E-state index is 0.0327. The molecule has 2 aromatic rings. The van der Waals surface area contributed by atoms with Gasteiger partial charge in [0.2, 0.25) is 17.5 Å². The van der Waals surface area contributed by atoms with Crippen molar-refractivity contribution in [2.75, 3.05) is 13.6 Å². The first-order valence-corrected chi connectivity index (χ1v) is 6.75. The quantitative estimate of drug-likeness (QED) is 0.841. The first-order chi connectivity index (χ1) is 10.1. The van der Waals surface area contributed by atoms with E-state index in [1.807, 2.05) is 18.9 Å². The summed E-state index contributed by atoms with van der Waals surface area (Å²) in [5.41, 5.74) is 0. The second-order valence-electron chi connectivity index (χ2n) is 5.16. The average Bonchev–Trinajstić information content (AvgIpc) is 3.08. The number of likely N-dealkylation sites (tertiary alicyclic amines) is 1. The fourth-order valence-electron chi connectivity index (χ4n) is 2.58. The summed E-state index contributed by atoms with van der Waals surface area (Å²) < 4.78 is 24.1. The van der Waals surface area contributed by atoms with Crippen molar-refractivity contribution in [2.45, 2.75) is 31.7 Å². The number of nitrogens with zero attached hydrogens (tertiary/aromatic N) is 5. The van der Waals surface area contributed by atoms with Crippen LogP contribution in [0.3, 0.4) is 0 Å². The van der Waals surface area contributed by atoms with Crippen LogP contribution in [0.15, 0.2) is 23.0 Å². The lowest BCUT2D eigenvalue weighted by Gasteiger charge is -2.25. The standard InChI is InChI=1S/C13H16FN5O2/c1-8(10-5-9(14)7-19(10)2)20-12-3-4-15-13(17-12)11-6-16-18-21-11/h3-4,6,8-10H,5,7H2,1-2H3/t8-,9-,10-/m0/s1. The van der Waals surface area contributed by atoms with Crippen LogP contribution in [-0.4, -0.2) is 57.1 Å². The predicted octanol–water partition coefficient (Wildman–Crippen LogP) is 1.34. The highest BCUT2D eigenvalue weighted by Gasteiger charge is 2.34. The summed E-state index contributed by atoms with van der Waals surface area (Å²) in [4.78, 5) is 10.3. The largest absolute Gasteiger partial charge is 0.473 e. The molecule has 0 unspecified atom stereocenters. The fourth-order valence-corrected chi connectivity index (χ4v) is 2.58. The Morgan fingerprint density at radius 1 is 1.52 bits per heavy atom. The Hall–Kier alpha value is -2.09. The van der Waals surface area contributed by atoms with E-state index in [0.717, 1.165) is 0 Å². The van der Waals surface area contributed by atoms with Gasteiger partial charge in [0, 0.05) is 30.1 Å². The Bertz CT molecular complexity index is 594. The van der Waals surface area contributed by atoms with Crippen LogP contribution in [-0.2, 0) is 0 Å². The molecule has 0 N–H and O–H groups in total. The highest BCUT2D eigenvalue weighted by molar-refractivity contribution is 5.44. The van der Waals surface area contributed by atoms with Crippen molar-refractivity contribution in [3.63, 3.8) is 0 Å². The number of hydrogen-bond donors (Lipinski definition) is 0. The van der Waals surface area contributed by atoms with Crippen LogP contribution in [0.4, 0.5) is 4.39 Å². The maximum absolute atomic E-state index is 13.4. The van der Waals surface area contributed by atoms with Gasteiger partial charge in [-0.1, -0.05) is 0 Å². The van der Waals surface area contributed by atoms with E-state index < -0.39 is 6.17 Å². The molecule has 1 aliphatic rings. The molecule has 0 bridgehead atoms. The summed E-state index contributed by atoms with van der Waals surface area (Å²) in [6.07, 6.45) is 2.50. The summed E-state index contributed by atoms with van der Waals surface area (Å²) in [6, 6.07) is 1.69. The smallest absolute Gasteiger partial charge is 0.224 e. The van der Waals surface area contributed by atoms with Gasteiger partial charge < -0.3 is 9.26 Å². The molecule has 0 aliphatic carbocycles. The molecule has 112 valence electrons. The Morgan fingerprint density at radius 2 is 2.38 bits per heavy atom. The Balaban J connectivity index is 1.72. The molecule has 0 saturated carbocycles. The van der Waals surface area contributed by atoms with Crippen LogP contribution < -0.4 is 4.74 Å². The molecule has 3 rings (SSSR count). The van der Waals surface area contributed by atoms with E-state index in [-0.39, 0.29) is 12.1 Å². The van der Waals surface area contributed by atoms with Gasteiger partial charge in [-0.3, -0.25) is 4.90 Å². The molecule has 21 heavy (non-hydrogen) atoms. The van der Waals surface area contributed by atoms with E-state index in [0.29, 0.717) is 30.4 Å².